The molecule has 1 saturated heterocycles. The summed E-state index contributed by atoms with van der Waals surface area (Å²) in [5.74, 6) is 0.912. The van der Waals surface area contributed by atoms with Crippen molar-refractivity contribution in [3.05, 3.63) is 53.6 Å². The number of carbonyl (C=O) groups excluding carboxylic acids is 1. The molecule has 32 heavy (non-hydrogen) atoms. The molecule has 1 N–H and O–H groups in total. The van der Waals surface area contributed by atoms with E-state index in [0.29, 0.717) is 42.6 Å². The van der Waals surface area contributed by atoms with E-state index in [1.807, 2.05) is 11.8 Å². The van der Waals surface area contributed by atoms with Gasteiger partial charge in [-0.1, -0.05) is 17.7 Å². The molecule has 172 valence electrons. The minimum Gasteiger partial charge on any atom is -0.493 e. The van der Waals surface area contributed by atoms with E-state index in [0.717, 1.165) is 11.1 Å². The van der Waals surface area contributed by atoms with Crippen LogP contribution in [-0.2, 0) is 14.8 Å². The molecule has 0 bridgehead atoms. The number of carbonyl (C=O) groups is 1. The van der Waals surface area contributed by atoms with Crippen molar-refractivity contribution >= 4 is 22.1 Å². The molecule has 0 aromatic heterocycles. The predicted octanol–water partition coefficient (Wildman–Crippen LogP) is 1.47. The Bertz CT molecular complexity index is 1060. The lowest BCUT2D eigenvalue weighted by Crippen LogP contribution is -2.50. The van der Waals surface area contributed by atoms with Crippen molar-refractivity contribution in [3.63, 3.8) is 0 Å². The molecule has 0 aliphatic carbocycles. The van der Waals surface area contributed by atoms with E-state index in [2.05, 4.69) is 10.5 Å². The van der Waals surface area contributed by atoms with Gasteiger partial charge in [0.25, 0.3) is 5.91 Å². The van der Waals surface area contributed by atoms with Gasteiger partial charge in [-0.3, -0.25) is 9.69 Å². The monoisotopic (exact) mass is 460 g/mol. The van der Waals surface area contributed by atoms with Gasteiger partial charge >= 0.3 is 0 Å². The first kappa shape index (κ1) is 23.7. The van der Waals surface area contributed by atoms with Crippen molar-refractivity contribution < 1.29 is 22.7 Å². The number of ether oxygens (including phenoxy) is 2. The van der Waals surface area contributed by atoms with Crippen LogP contribution in [0.3, 0.4) is 0 Å². The van der Waals surface area contributed by atoms with Gasteiger partial charge in [0, 0.05) is 26.2 Å². The van der Waals surface area contributed by atoms with Crippen LogP contribution in [0.4, 0.5) is 0 Å². The summed E-state index contributed by atoms with van der Waals surface area (Å²) in [4.78, 5) is 14.4. The zero-order valence-electron chi connectivity index (χ0n) is 18.4. The zero-order valence-corrected chi connectivity index (χ0v) is 19.3. The highest BCUT2D eigenvalue weighted by atomic mass is 32.2. The molecule has 0 unspecified atom stereocenters. The largest absolute Gasteiger partial charge is 0.493 e. The van der Waals surface area contributed by atoms with E-state index >= 15 is 0 Å². The number of hydrazone groups is 1. The molecule has 0 atom stereocenters. The fraction of sp³-hybridized carbons (Fsp3) is 0.364. The minimum atomic E-state index is -3.52. The first-order chi connectivity index (χ1) is 15.3. The summed E-state index contributed by atoms with van der Waals surface area (Å²) < 4.78 is 37.5. The number of hydrogen-bond donors (Lipinski definition) is 1. The van der Waals surface area contributed by atoms with E-state index in [-0.39, 0.29) is 12.5 Å². The summed E-state index contributed by atoms with van der Waals surface area (Å²) in [6, 6.07) is 12.1. The first-order valence-corrected chi connectivity index (χ1v) is 11.6. The summed E-state index contributed by atoms with van der Waals surface area (Å²) in [5, 5.41) is 3.99. The molecule has 1 amide bonds. The number of sulfonamides is 1. The summed E-state index contributed by atoms with van der Waals surface area (Å²) in [5.41, 5.74) is 4.26. The fourth-order valence-corrected chi connectivity index (χ4v) is 4.76. The number of rotatable bonds is 8. The zero-order chi connectivity index (χ0) is 23.1. The molecular formula is C22H28N4O5S. The number of hydrogen-bond acceptors (Lipinski definition) is 7. The highest BCUT2D eigenvalue weighted by molar-refractivity contribution is 7.89. The number of benzene rings is 2. The van der Waals surface area contributed by atoms with Crippen LogP contribution in [0.1, 0.15) is 11.1 Å². The second-order valence-electron chi connectivity index (χ2n) is 7.40. The molecule has 1 aliphatic rings. The van der Waals surface area contributed by atoms with Gasteiger partial charge in [-0.05, 0) is 42.8 Å². The Balaban J connectivity index is 1.48. The maximum Gasteiger partial charge on any atom is 0.254 e. The lowest BCUT2D eigenvalue weighted by molar-refractivity contribution is -0.122. The predicted molar refractivity (Wildman–Crippen MR) is 122 cm³/mol. The number of nitrogens with one attached hydrogen (secondary N) is 1. The number of aryl methyl sites for hydroxylation is 1. The van der Waals surface area contributed by atoms with E-state index < -0.39 is 10.0 Å². The normalized spacial score (nSPS) is 15.6. The smallest absolute Gasteiger partial charge is 0.254 e. The van der Waals surface area contributed by atoms with Crippen molar-refractivity contribution in [2.75, 3.05) is 46.9 Å². The summed E-state index contributed by atoms with van der Waals surface area (Å²) in [6.07, 6.45) is 1.52. The molecule has 9 nitrogen and oxygen atoms in total. The summed E-state index contributed by atoms with van der Waals surface area (Å²) >= 11 is 0. The van der Waals surface area contributed by atoms with Gasteiger partial charge in [-0.15, -0.1) is 0 Å². The Morgan fingerprint density at radius 2 is 1.69 bits per heavy atom. The maximum absolute atomic E-state index is 12.8. The Labute approximate surface area is 188 Å². The SMILES string of the molecule is COc1ccc(C=NNC(=O)CN2CCN(S(=O)(=O)c3ccc(C)cc3)CC2)cc1OC. The molecule has 3 rings (SSSR count). The molecule has 0 saturated carbocycles. The Morgan fingerprint density at radius 3 is 2.31 bits per heavy atom. The molecule has 1 aliphatic heterocycles. The molecule has 2 aromatic carbocycles. The van der Waals surface area contributed by atoms with Gasteiger partial charge in [-0.25, -0.2) is 13.8 Å². The number of nitrogens with zero attached hydrogens (tertiary/aromatic N) is 3. The van der Waals surface area contributed by atoms with Crippen LogP contribution in [0.25, 0.3) is 0 Å². The highest BCUT2D eigenvalue weighted by Gasteiger charge is 2.28. The van der Waals surface area contributed by atoms with Crippen molar-refractivity contribution in [1.29, 1.82) is 0 Å². The van der Waals surface area contributed by atoms with Crippen LogP contribution in [0.5, 0.6) is 11.5 Å². The van der Waals surface area contributed by atoms with Crippen molar-refractivity contribution in [2.45, 2.75) is 11.8 Å². The summed E-state index contributed by atoms with van der Waals surface area (Å²) in [6.45, 7) is 3.66. The molecule has 10 heteroatoms. The number of amides is 1. The first-order valence-electron chi connectivity index (χ1n) is 10.2. The quantitative estimate of drug-likeness (QED) is 0.473. The Kier molecular flexibility index (Phi) is 7.84. The third-order valence-electron chi connectivity index (χ3n) is 5.17. The van der Waals surface area contributed by atoms with Crippen LogP contribution >= 0.6 is 0 Å². The van der Waals surface area contributed by atoms with Crippen LogP contribution in [0, 0.1) is 6.92 Å². The number of piperazine rings is 1. The minimum absolute atomic E-state index is 0.141. The Morgan fingerprint density at radius 1 is 1.03 bits per heavy atom. The van der Waals surface area contributed by atoms with Crippen molar-refractivity contribution in [1.82, 2.24) is 14.6 Å². The second kappa shape index (κ2) is 10.6. The van der Waals surface area contributed by atoms with Crippen LogP contribution in [0.2, 0.25) is 0 Å². The topological polar surface area (TPSA) is 101 Å². The van der Waals surface area contributed by atoms with Crippen LogP contribution in [-0.4, -0.2) is 76.7 Å². The third kappa shape index (κ3) is 5.84. The van der Waals surface area contributed by atoms with Gasteiger partial charge in [0.2, 0.25) is 10.0 Å². The molecule has 0 radical (unpaired) electrons. The van der Waals surface area contributed by atoms with Crippen molar-refractivity contribution in [3.8, 4) is 11.5 Å². The third-order valence-corrected chi connectivity index (χ3v) is 7.08. The van der Waals surface area contributed by atoms with Crippen LogP contribution < -0.4 is 14.9 Å². The van der Waals surface area contributed by atoms with Gasteiger partial charge in [-0.2, -0.15) is 9.41 Å². The van der Waals surface area contributed by atoms with E-state index in [9.17, 15) is 13.2 Å². The lowest BCUT2D eigenvalue weighted by atomic mass is 10.2. The second-order valence-corrected chi connectivity index (χ2v) is 9.34. The van der Waals surface area contributed by atoms with E-state index in [1.165, 1.54) is 10.5 Å². The van der Waals surface area contributed by atoms with Crippen molar-refractivity contribution in [2.24, 2.45) is 5.10 Å². The lowest BCUT2D eigenvalue weighted by Gasteiger charge is -2.33. The highest BCUT2D eigenvalue weighted by Crippen LogP contribution is 2.26. The Hall–Kier alpha value is -2.95. The molecule has 1 heterocycles. The summed E-state index contributed by atoms with van der Waals surface area (Å²) in [7, 11) is -0.416. The maximum atomic E-state index is 12.8. The molecule has 1 fully saturated rings. The average molecular weight is 461 g/mol. The van der Waals surface area contributed by atoms with Gasteiger partial charge in [0.1, 0.15) is 0 Å². The van der Waals surface area contributed by atoms with Gasteiger partial charge in [0.05, 0.1) is 31.9 Å². The number of methoxy groups -OCH3 is 2. The van der Waals surface area contributed by atoms with Gasteiger partial charge in [0.15, 0.2) is 11.5 Å². The van der Waals surface area contributed by atoms with E-state index in [1.54, 1.807) is 56.7 Å². The molecular weight excluding hydrogens is 432 g/mol. The fourth-order valence-electron chi connectivity index (χ4n) is 3.34. The average Bonchev–Trinajstić information content (AvgIpc) is 2.79. The van der Waals surface area contributed by atoms with Crippen LogP contribution in [0.15, 0.2) is 52.5 Å². The molecule has 0 spiro atoms. The van der Waals surface area contributed by atoms with Gasteiger partial charge < -0.3 is 9.47 Å². The standard InChI is InChI=1S/C22H28N4O5S/c1-17-4-7-19(8-5-17)32(28,29)26-12-10-25(11-13-26)16-22(27)24-23-15-18-6-9-20(30-2)21(14-18)31-3/h4-9,14-15H,10-13,16H2,1-3H3,(H,24,27). The van der Waals surface area contributed by atoms with E-state index in [4.69, 9.17) is 9.47 Å². The molecule has 2 aromatic rings.